The van der Waals surface area contributed by atoms with Crippen LogP contribution in [0.1, 0.15) is 19.4 Å². The fourth-order valence-electron chi connectivity index (χ4n) is 2.02. The first-order valence-corrected chi connectivity index (χ1v) is 5.77. The molecule has 0 radical (unpaired) electrons. The molecule has 0 unspecified atom stereocenters. The van der Waals surface area contributed by atoms with Crippen LogP contribution in [-0.4, -0.2) is 10.1 Å². The van der Waals surface area contributed by atoms with Crippen molar-refractivity contribution < 1.29 is 0 Å². The molecule has 0 fully saturated rings. The van der Waals surface area contributed by atoms with E-state index < -0.39 is 0 Å². The van der Waals surface area contributed by atoms with Crippen molar-refractivity contribution in [3.05, 3.63) is 35.0 Å². The second kappa shape index (κ2) is 3.79. The minimum Gasteiger partial charge on any atom is -0.349 e. The Balaban J connectivity index is 2.48. The van der Waals surface area contributed by atoms with Crippen molar-refractivity contribution in [1.29, 1.82) is 0 Å². The van der Waals surface area contributed by atoms with Gasteiger partial charge in [0.1, 0.15) is 0 Å². The fraction of sp³-hybridized carbons (Fsp3) is 0.385. The number of rotatable bonds is 2. The summed E-state index contributed by atoms with van der Waals surface area (Å²) in [5.74, 6) is 0. The molecule has 2 rings (SSSR count). The van der Waals surface area contributed by atoms with E-state index >= 15 is 0 Å². The van der Waals surface area contributed by atoms with E-state index in [2.05, 4.69) is 18.2 Å². The Labute approximate surface area is 101 Å². The van der Waals surface area contributed by atoms with Crippen LogP contribution in [0.5, 0.6) is 0 Å². The number of fused-ring (bicyclic) bond motifs is 1. The van der Waals surface area contributed by atoms with E-state index in [4.69, 9.17) is 17.3 Å². The number of aromatic nitrogens is 1. The molecule has 2 aromatic rings. The minimum atomic E-state index is -0.178. The van der Waals surface area contributed by atoms with Gasteiger partial charge in [0.2, 0.25) is 0 Å². The van der Waals surface area contributed by atoms with E-state index in [9.17, 15) is 0 Å². The van der Waals surface area contributed by atoms with Gasteiger partial charge < -0.3 is 10.3 Å². The van der Waals surface area contributed by atoms with Gasteiger partial charge in [-0.2, -0.15) is 0 Å². The maximum atomic E-state index is 6.12. The lowest BCUT2D eigenvalue weighted by molar-refractivity contribution is 0.517. The molecule has 0 saturated carbocycles. The molecule has 1 aromatic carbocycles. The smallest absolute Gasteiger partial charge is 0.0661 e. The van der Waals surface area contributed by atoms with Crippen molar-refractivity contribution >= 4 is 22.5 Å². The number of aryl methyl sites for hydroxylation is 1. The Kier molecular flexibility index (Phi) is 2.72. The average molecular weight is 237 g/mol. The molecule has 0 amide bonds. The molecule has 86 valence electrons. The summed E-state index contributed by atoms with van der Waals surface area (Å²) >= 11 is 6.12. The topological polar surface area (TPSA) is 30.9 Å². The molecule has 1 aromatic heterocycles. The Morgan fingerprint density at radius 3 is 2.69 bits per heavy atom. The van der Waals surface area contributed by atoms with Crippen LogP contribution in [0.4, 0.5) is 0 Å². The van der Waals surface area contributed by atoms with Crippen LogP contribution in [0.2, 0.25) is 5.02 Å². The van der Waals surface area contributed by atoms with Gasteiger partial charge in [-0.1, -0.05) is 23.7 Å². The summed E-state index contributed by atoms with van der Waals surface area (Å²) in [7, 11) is 2.01. The monoisotopic (exact) mass is 236 g/mol. The van der Waals surface area contributed by atoms with Crippen molar-refractivity contribution in [3.8, 4) is 0 Å². The predicted molar refractivity (Wildman–Crippen MR) is 69.9 cm³/mol. The molecular weight excluding hydrogens is 220 g/mol. The van der Waals surface area contributed by atoms with Gasteiger partial charge in [-0.15, -0.1) is 0 Å². The maximum Gasteiger partial charge on any atom is 0.0661 e. The Morgan fingerprint density at radius 2 is 2.06 bits per heavy atom. The summed E-state index contributed by atoms with van der Waals surface area (Å²) in [6.45, 7) is 4.07. The van der Waals surface area contributed by atoms with Crippen molar-refractivity contribution in [1.82, 2.24) is 4.57 Å². The van der Waals surface area contributed by atoms with E-state index in [0.29, 0.717) is 0 Å². The van der Waals surface area contributed by atoms with Crippen LogP contribution in [0.25, 0.3) is 10.9 Å². The molecule has 2 nitrogen and oxygen atoms in total. The lowest BCUT2D eigenvalue weighted by Crippen LogP contribution is -2.34. The fourth-order valence-corrected chi connectivity index (χ4v) is 2.32. The molecule has 1 heterocycles. The summed E-state index contributed by atoms with van der Waals surface area (Å²) in [6.07, 6.45) is 2.80. The molecule has 0 aliphatic carbocycles. The van der Waals surface area contributed by atoms with Gasteiger partial charge in [0.25, 0.3) is 0 Å². The zero-order chi connectivity index (χ0) is 11.9. The highest BCUT2D eigenvalue weighted by molar-refractivity contribution is 6.35. The zero-order valence-electron chi connectivity index (χ0n) is 9.92. The van der Waals surface area contributed by atoms with Crippen LogP contribution in [-0.2, 0) is 13.5 Å². The van der Waals surface area contributed by atoms with Crippen LogP contribution in [0, 0.1) is 0 Å². The van der Waals surface area contributed by atoms with Gasteiger partial charge in [-0.3, -0.25) is 0 Å². The van der Waals surface area contributed by atoms with E-state index in [1.807, 2.05) is 31.7 Å². The minimum absolute atomic E-state index is 0.178. The summed E-state index contributed by atoms with van der Waals surface area (Å²) in [5, 5.41) is 1.90. The summed E-state index contributed by atoms with van der Waals surface area (Å²) in [6, 6.07) is 6.33. The van der Waals surface area contributed by atoms with Gasteiger partial charge in [-0.05, 0) is 31.9 Å². The number of nitrogens with zero attached hydrogens (tertiary/aromatic N) is 1. The number of hydrogen-bond acceptors (Lipinski definition) is 1. The lowest BCUT2D eigenvalue weighted by Gasteiger charge is -2.18. The molecule has 0 aliphatic rings. The molecule has 2 N–H and O–H groups in total. The van der Waals surface area contributed by atoms with E-state index in [-0.39, 0.29) is 5.54 Å². The molecule has 0 spiro atoms. The van der Waals surface area contributed by atoms with Gasteiger partial charge in [-0.25, -0.2) is 0 Å². The molecule has 3 heteroatoms. The zero-order valence-corrected chi connectivity index (χ0v) is 10.7. The first kappa shape index (κ1) is 11.5. The van der Waals surface area contributed by atoms with Crippen LogP contribution < -0.4 is 5.73 Å². The van der Waals surface area contributed by atoms with Crippen LogP contribution in [0.3, 0.4) is 0 Å². The molecule has 0 aliphatic heterocycles. The van der Waals surface area contributed by atoms with Crippen LogP contribution >= 0.6 is 11.6 Å². The van der Waals surface area contributed by atoms with Crippen molar-refractivity contribution in [2.45, 2.75) is 25.8 Å². The predicted octanol–water partition coefficient (Wildman–Crippen LogP) is 3.11. The third-order valence-electron chi connectivity index (χ3n) is 2.67. The third kappa shape index (κ3) is 2.23. The van der Waals surface area contributed by atoms with Gasteiger partial charge >= 0.3 is 0 Å². The van der Waals surface area contributed by atoms with Crippen molar-refractivity contribution in [2.75, 3.05) is 0 Å². The molecule has 0 saturated heterocycles. The first-order valence-electron chi connectivity index (χ1n) is 5.39. The van der Waals surface area contributed by atoms with E-state index in [1.165, 1.54) is 5.56 Å². The second-order valence-electron chi connectivity index (χ2n) is 5.10. The highest BCUT2D eigenvalue weighted by Crippen LogP contribution is 2.26. The quantitative estimate of drug-likeness (QED) is 0.854. The third-order valence-corrected chi connectivity index (χ3v) is 2.97. The standard InChI is InChI=1S/C13H17ClN2/c1-13(2,15)7-9-4-5-10-11(14)8-16(3)12(10)6-9/h4-6,8H,7,15H2,1-3H3. The summed E-state index contributed by atoms with van der Waals surface area (Å²) in [5.41, 5.74) is 8.25. The Bertz CT molecular complexity index is 520. The average Bonchev–Trinajstić information content (AvgIpc) is 2.40. The van der Waals surface area contributed by atoms with Crippen molar-refractivity contribution in [3.63, 3.8) is 0 Å². The van der Waals surface area contributed by atoms with Crippen molar-refractivity contribution in [2.24, 2.45) is 12.8 Å². The number of halogens is 1. The number of nitrogens with two attached hydrogens (primary N) is 1. The molecule has 0 atom stereocenters. The molecule has 0 bridgehead atoms. The van der Waals surface area contributed by atoms with Gasteiger partial charge in [0.15, 0.2) is 0 Å². The van der Waals surface area contributed by atoms with Gasteiger partial charge in [0, 0.05) is 29.7 Å². The summed E-state index contributed by atoms with van der Waals surface area (Å²) in [4.78, 5) is 0. The van der Waals surface area contributed by atoms with Crippen LogP contribution in [0.15, 0.2) is 24.4 Å². The highest BCUT2D eigenvalue weighted by atomic mass is 35.5. The van der Waals surface area contributed by atoms with E-state index in [0.717, 1.165) is 22.3 Å². The SMILES string of the molecule is Cn1cc(Cl)c2ccc(CC(C)(C)N)cc21. The first-order chi connectivity index (χ1) is 7.37. The number of hydrogen-bond donors (Lipinski definition) is 1. The Morgan fingerprint density at radius 1 is 1.38 bits per heavy atom. The maximum absolute atomic E-state index is 6.12. The summed E-state index contributed by atoms with van der Waals surface area (Å²) < 4.78 is 2.05. The largest absolute Gasteiger partial charge is 0.349 e. The lowest BCUT2D eigenvalue weighted by atomic mass is 9.96. The molecular formula is C13H17ClN2. The second-order valence-corrected chi connectivity index (χ2v) is 5.51. The highest BCUT2D eigenvalue weighted by Gasteiger charge is 2.13. The normalized spacial score (nSPS) is 12.3. The molecule has 16 heavy (non-hydrogen) atoms. The van der Waals surface area contributed by atoms with E-state index in [1.54, 1.807) is 0 Å². The number of benzene rings is 1. The Hall–Kier alpha value is -0.990. The van der Waals surface area contributed by atoms with Gasteiger partial charge in [0.05, 0.1) is 5.02 Å².